The highest BCUT2D eigenvalue weighted by Crippen LogP contribution is 2.47. The Morgan fingerprint density at radius 2 is 1.81 bits per heavy atom. The van der Waals surface area contributed by atoms with E-state index in [-0.39, 0.29) is 31.5 Å². The van der Waals surface area contributed by atoms with Crippen LogP contribution in [0.5, 0.6) is 0 Å². The van der Waals surface area contributed by atoms with Crippen LogP contribution in [0.1, 0.15) is 32.1 Å². The summed E-state index contributed by atoms with van der Waals surface area (Å²) in [5.41, 5.74) is -1.12. The Hall–Kier alpha value is -1.35. The lowest BCUT2D eigenvalue weighted by Crippen LogP contribution is -2.51. The minimum atomic E-state index is -4.36. The highest BCUT2D eigenvalue weighted by Gasteiger charge is 2.57. The molecule has 0 aromatic carbocycles. The fourth-order valence-corrected chi connectivity index (χ4v) is 4.79. The van der Waals surface area contributed by atoms with Gasteiger partial charge in [-0.15, -0.1) is 0 Å². The molecule has 0 bridgehead atoms. The van der Waals surface area contributed by atoms with Crippen molar-refractivity contribution in [3.05, 3.63) is 0 Å². The van der Waals surface area contributed by atoms with Crippen LogP contribution in [0.3, 0.4) is 0 Å². The Morgan fingerprint density at radius 1 is 1.19 bits per heavy atom. The first-order valence-corrected chi connectivity index (χ1v) is 9.38. The van der Waals surface area contributed by atoms with Gasteiger partial charge in [0.1, 0.15) is 0 Å². The molecule has 2 unspecified atom stereocenters. The number of fused-ring (bicyclic) bond motifs is 1. The smallest absolute Gasteiger partial charge is 0.389 e. The quantitative estimate of drug-likeness (QED) is 0.742. The molecule has 6 nitrogen and oxygen atoms in total. The molecule has 3 rings (SSSR count). The molecule has 2 atom stereocenters. The van der Waals surface area contributed by atoms with Gasteiger partial charge < -0.3 is 19.6 Å². The third kappa shape index (κ3) is 3.81. The Kier molecular flexibility index (Phi) is 5.46. The van der Waals surface area contributed by atoms with E-state index in [0.717, 1.165) is 19.3 Å². The van der Waals surface area contributed by atoms with Gasteiger partial charge in [-0.2, -0.15) is 13.2 Å². The molecule has 0 aromatic rings. The molecule has 2 heterocycles. The molecular weight excluding hydrogens is 365 g/mol. The van der Waals surface area contributed by atoms with Gasteiger partial charge in [0.15, 0.2) is 0 Å². The van der Waals surface area contributed by atoms with Gasteiger partial charge >= 0.3 is 6.18 Å². The van der Waals surface area contributed by atoms with Crippen LogP contribution in [-0.2, 0) is 14.3 Å². The number of ether oxygens (including phenoxy) is 1. The number of likely N-dealkylation sites (tertiary alicyclic amines) is 2. The third-order valence-corrected chi connectivity index (χ3v) is 6.52. The van der Waals surface area contributed by atoms with E-state index in [4.69, 9.17) is 4.74 Å². The SMILES string of the molecule is COCC1(C(=O)N2CC3CN(C(=O)CCC(F)(F)F)CC3(CO)C2)CCC1. The monoisotopic (exact) mass is 392 g/mol. The standard InChI is InChI=1S/C18H27F3N2O4/c1-27-12-16(4-2-5-16)15(26)23-8-13-7-22(9-17(13,10-23)11-24)14(25)3-6-18(19,20)21/h13,24H,2-12H2,1H3. The average molecular weight is 392 g/mol. The van der Waals surface area contributed by atoms with Gasteiger partial charge in [-0.25, -0.2) is 0 Å². The van der Waals surface area contributed by atoms with Gasteiger partial charge in [0.25, 0.3) is 0 Å². The molecule has 0 aromatic heterocycles. The zero-order valence-electron chi connectivity index (χ0n) is 15.6. The van der Waals surface area contributed by atoms with E-state index < -0.39 is 35.8 Å². The number of carbonyl (C=O) groups is 2. The first kappa shape index (κ1) is 20.4. The number of nitrogens with zero attached hydrogens (tertiary/aromatic N) is 2. The molecular formula is C18H27F3N2O4. The molecule has 3 aliphatic rings. The number of carbonyl (C=O) groups excluding carboxylic acids is 2. The minimum absolute atomic E-state index is 0.0350. The van der Waals surface area contributed by atoms with E-state index in [0.29, 0.717) is 19.7 Å². The lowest BCUT2D eigenvalue weighted by Gasteiger charge is -2.42. The Balaban J connectivity index is 1.63. The number of hydrogen-bond donors (Lipinski definition) is 1. The van der Waals surface area contributed by atoms with Crippen molar-refractivity contribution in [3.63, 3.8) is 0 Å². The van der Waals surface area contributed by atoms with Crippen LogP contribution in [0, 0.1) is 16.7 Å². The average Bonchev–Trinajstić information content (AvgIpc) is 3.09. The third-order valence-electron chi connectivity index (χ3n) is 6.52. The van der Waals surface area contributed by atoms with Crippen LogP contribution in [0.15, 0.2) is 0 Å². The maximum Gasteiger partial charge on any atom is 0.389 e. The molecule has 9 heteroatoms. The minimum Gasteiger partial charge on any atom is -0.396 e. The zero-order chi connectivity index (χ0) is 19.9. The molecule has 27 heavy (non-hydrogen) atoms. The largest absolute Gasteiger partial charge is 0.396 e. The molecule has 2 aliphatic heterocycles. The van der Waals surface area contributed by atoms with E-state index in [1.165, 1.54) is 4.90 Å². The van der Waals surface area contributed by atoms with Crippen molar-refractivity contribution in [1.82, 2.24) is 9.80 Å². The van der Waals surface area contributed by atoms with E-state index in [1.807, 2.05) is 0 Å². The summed E-state index contributed by atoms with van der Waals surface area (Å²) in [6, 6.07) is 0. The van der Waals surface area contributed by atoms with Crippen LogP contribution in [0.4, 0.5) is 13.2 Å². The second-order valence-electron chi connectivity index (χ2n) is 8.36. The molecule has 154 valence electrons. The number of halogens is 3. The summed E-state index contributed by atoms with van der Waals surface area (Å²) in [4.78, 5) is 28.3. The Morgan fingerprint density at radius 3 is 2.30 bits per heavy atom. The summed E-state index contributed by atoms with van der Waals surface area (Å²) in [7, 11) is 1.58. The Labute approximate surface area is 156 Å². The van der Waals surface area contributed by atoms with Crippen LogP contribution in [-0.4, -0.2) is 79.4 Å². The first-order chi connectivity index (χ1) is 12.6. The zero-order valence-corrected chi connectivity index (χ0v) is 15.6. The number of hydrogen-bond acceptors (Lipinski definition) is 4. The summed E-state index contributed by atoms with van der Waals surface area (Å²) in [5, 5.41) is 9.98. The van der Waals surface area contributed by atoms with Gasteiger partial charge in [-0.05, 0) is 12.8 Å². The lowest BCUT2D eigenvalue weighted by atomic mass is 9.68. The van der Waals surface area contributed by atoms with Crippen molar-refractivity contribution in [2.45, 2.75) is 38.3 Å². The van der Waals surface area contributed by atoms with Crippen molar-refractivity contribution < 1.29 is 32.6 Å². The van der Waals surface area contributed by atoms with Gasteiger partial charge in [0.2, 0.25) is 11.8 Å². The van der Waals surface area contributed by atoms with E-state index in [1.54, 1.807) is 12.0 Å². The van der Waals surface area contributed by atoms with Crippen LogP contribution in [0.2, 0.25) is 0 Å². The summed E-state index contributed by atoms with van der Waals surface area (Å²) in [5.74, 6) is -0.615. The van der Waals surface area contributed by atoms with Gasteiger partial charge in [-0.1, -0.05) is 6.42 Å². The van der Waals surface area contributed by atoms with Crippen LogP contribution in [0.25, 0.3) is 0 Å². The van der Waals surface area contributed by atoms with Gasteiger partial charge in [0.05, 0.1) is 25.0 Å². The molecule has 1 aliphatic carbocycles. The number of rotatable bonds is 6. The van der Waals surface area contributed by atoms with E-state index >= 15 is 0 Å². The molecule has 2 amide bonds. The van der Waals surface area contributed by atoms with Crippen molar-refractivity contribution in [3.8, 4) is 0 Å². The molecule has 3 fully saturated rings. The molecule has 0 radical (unpaired) electrons. The summed E-state index contributed by atoms with van der Waals surface area (Å²) >= 11 is 0. The fourth-order valence-electron chi connectivity index (χ4n) is 4.79. The molecule has 1 N–H and O–H groups in total. The predicted molar refractivity (Wildman–Crippen MR) is 89.6 cm³/mol. The number of amides is 2. The normalized spacial score (nSPS) is 29.6. The fraction of sp³-hybridized carbons (Fsp3) is 0.889. The summed E-state index contributed by atoms with van der Waals surface area (Å²) in [6.45, 7) is 1.43. The van der Waals surface area contributed by atoms with Crippen LogP contribution < -0.4 is 0 Å². The Bertz CT molecular complexity index is 594. The highest BCUT2D eigenvalue weighted by atomic mass is 19.4. The first-order valence-electron chi connectivity index (χ1n) is 9.38. The highest BCUT2D eigenvalue weighted by molar-refractivity contribution is 5.84. The van der Waals surface area contributed by atoms with Crippen molar-refractivity contribution in [2.75, 3.05) is 46.5 Å². The maximum atomic E-state index is 13.0. The number of aliphatic hydroxyl groups excluding tert-OH is 1. The predicted octanol–water partition coefficient (Wildman–Crippen LogP) is 1.42. The van der Waals surface area contributed by atoms with Crippen molar-refractivity contribution in [1.29, 1.82) is 0 Å². The summed E-state index contributed by atoms with van der Waals surface area (Å²) < 4.78 is 42.3. The molecule has 2 saturated heterocycles. The molecule has 0 spiro atoms. The summed E-state index contributed by atoms with van der Waals surface area (Å²) in [6.07, 6.45) is -3.51. The van der Waals surface area contributed by atoms with Gasteiger partial charge in [-0.3, -0.25) is 9.59 Å². The second-order valence-corrected chi connectivity index (χ2v) is 8.36. The number of alkyl halides is 3. The maximum absolute atomic E-state index is 13.0. The van der Waals surface area contributed by atoms with Crippen LogP contribution >= 0.6 is 0 Å². The topological polar surface area (TPSA) is 70.1 Å². The van der Waals surface area contributed by atoms with E-state index in [2.05, 4.69) is 0 Å². The van der Waals surface area contributed by atoms with Crippen molar-refractivity contribution >= 4 is 11.8 Å². The van der Waals surface area contributed by atoms with Crippen molar-refractivity contribution in [2.24, 2.45) is 16.7 Å². The lowest BCUT2D eigenvalue weighted by molar-refractivity contribution is -0.152. The number of aliphatic hydroxyl groups is 1. The second kappa shape index (κ2) is 7.24. The molecule has 1 saturated carbocycles. The van der Waals surface area contributed by atoms with E-state index in [9.17, 15) is 27.9 Å². The number of methoxy groups -OCH3 is 1. The van der Waals surface area contributed by atoms with Gasteiger partial charge in [0, 0.05) is 51.0 Å².